The number of halogens is 4. The van der Waals surface area contributed by atoms with Gasteiger partial charge in [0, 0.05) is 199 Å². The predicted octanol–water partition coefficient (Wildman–Crippen LogP) is 23.2. The van der Waals surface area contributed by atoms with Crippen molar-refractivity contribution in [3.63, 3.8) is 0 Å². The number of fused-ring (bicyclic) bond motifs is 8. The minimum atomic E-state index is -0.863. The zero-order valence-corrected chi connectivity index (χ0v) is 77.6. The van der Waals surface area contributed by atoms with Crippen LogP contribution in [0.1, 0.15) is 104 Å². The number of aromatic amines is 4. The number of allylic oxidation sites excluding steroid dienone is 6. The summed E-state index contributed by atoms with van der Waals surface area (Å²) < 4.78 is 18.8. The third kappa shape index (κ3) is 17.1. The first-order valence-corrected chi connectivity index (χ1v) is 45.9. The van der Waals surface area contributed by atoms with Crippen molar-refractivity contribution >= 4 is 225 Å². The Morgan fingerprint density at radius 2 is 0.832 bits per heavy atom. The maximum Gasteiger partial charge on any atom is 0.379 e. The van der Waals surface area contributed by atoms with Gasteiger partial charge >= 0.3 is 5.97 Å². The topological polar surface area (TPSA) is 277 Å². The monoisotopic (exact) mass is 1990 g/mol. The molecule has 0 radical (unpaired) electrons. The van der Waals surface area contributed by atoms with E-state index in [0.29, 0.717) is 48.2 Å². The predicted molar refractivity (Wildman–Crippen MR) is 534 cm³/mol. The van der Waals surface area contributed by atoms with E-state index in [1.165, 1.54) is 29.1 Å². The Hall–Kier alpha value is -13.9. The van der Waals surface area contributed by atoms with Gasteiger partial charge in [0.15, 0.2) is 11.6 Å². The normalized spacial score (nSPS) is 15.8. The van der Waals surface area contributed by atoms with E-state index in [4.69, 9.17) is 5.73 Å². The zero-order valence-electron chi connectivity index (χ0n) is 71.3. The summed E-state index contributed by atoms with van der Waals surface area (Å²) in [7, 11) is 1.19. The molecule has 0 unspecified atom stereocenters. The summed E-state index contributed by atoms with van der Waals surface area (Å²) in [6, 6.07) is 63.7. The fraction of sp³-hybridized carbons (Fsp3) is 0.150. The van der Waals surface area contributed by atoms with Gasteiger partial charge in [-0.1, -0.05) is 164 Å². The molecule has 20 nitrogen and oxygen atoms in total. The fourth-order valence-corrected chi connectivity index (χ4v) is 21.6. The van der Waals surface area contributed by atoms with Gasteiger partial charge in [0.1, 0.15) is 23.1 Å². The molecule has 4 aliphatic rings. The molecule has 0 bridgehead atoms. The number of aromatic nitrogens is 9. The lowest BCUT2D eigenvalue weighted by Crippen LogP contribution is -2.15. The standard InChI is InChI=1S/C24H19BrN2O2.C24H17BrN2O2.C24H20N2O2.C14H12BrNO3.C11H10BrN.C10H10N2O/c2*1-2-10-27-13-17(15-7-5-8-18(25)24(15)27)23-21(29)11-20(28)22(23)16-12-26-19-9-4-3-6-14(16)19;27-20-11-21(28)23(22(20)17-12-25-19-9-2-1-7-15(17)19)18-13-26-10-4-6-14-5-3-8-16(18)24(14)26;1-3-7-16-8-10(13(17)14(18)19-2)9-5-4-6-11(15)12(9)16;1-2-7-13-8-6-9-4-3-5-10(12)11(9)13;11-10(13)5-7-6-12-9-4-2-1-3-8(7)9/h2-9,12-13,22-23,26H,1,10-11H2;2-9,12-13,26H,1,10-11H2;1-3,5,7-9,12-13,22-23,25H,4,6,10-11H2;3-6,8H,1,7H2,2H3;2-6,8H,1,7H2;1-4,6,12H,5H2,(H2,11,13)/t22-,23-;;22-,23-;;;/m1.1.../s1. The van der Waals surface area contributed by atoms with Crippen molar-refractivity contribution in [2.45, 2.75) is 94.9 Å². The molecular formula is C107H88Br4N10O10. The first kappa shape index (κ1) is 89.1. The number of carbonyl (C=O) groups is 9. The maximum atomic E-state index is 13.1. The van der Waals surface area contributed by atoms with Crippen LogP contribution in [-0.2, 0) is 88.7 Å². The smallest absolute Gasteiger partial charge is 0.379 e. The minimum absolute atomic E-state index is 0.00984. The number of H-pyrrole nitrogens is 4. The lowest BCUT2D eigenvalue weighted by molar-refractivity contribution is -0.135. The summed E-state index contributed by atoms with van der Waals surface area (Å²) in [6.07, 6.45) is 27.0. The van der Waals surface area contributed by atoms with E-state index in [0.717, 1.165) is 159 Å². The van der Waals surface area contributed by atoms with E-state index in [-0.39, 0.29) is 59.9 Å². The highest BCUT2D eigenvalue weighted by Crippen LogP contribution is 2.50. The SMILES string of the molecule is C=CCn1cc(C(=O)C(=O)OC)c2cccc(Br)c21.C=CCn1cc(C2=C(c3c[nH]c4ccccc34)C(=O)CC2=O)c2cccc(Br)c21.C=CCn1cc([C@@H]2C(=O)CC(=O)[C@H]2c2c[nH]c3ccccc23)c2cccc(Br)c21.C=CCn1ccc2cccc(Br)c21.NC(=O)Cc1c[nH]c2ccccc12.O=C1CC(=O)[C@@H](c2cn3c4c(cccc24)CCC3)[C@@H]1c1c[nH]c2ccccc12. The number of ether oxygens (including phenoxy) is 1. The van der Waals surface area contributed by atoms with Crippen LogP contribution in [-0.4, -0.2) is 102 Å². The molecule has 2 saturated carbocycles. The Morgan fingerprint density at radius 3 is 1.40 bits per heavy atom. The summed E-state index contributed by atoms with van der Waals surface area (Å²) in [5.74, 6) is -3.78. The van der Waals surface area contributed by atoms with E-state index in [1.54, 1.807) is 18.3 Å². The van der Waals surface area contributed by atoms with E-state index in [1.807, 2.05) is 212 Å². The molecule has 0 spiro atoms. The van der Waals surface area contributed by atoms with Crippen LogP contribution in [0.2, 0.25) is 0 Å². The van der Waals surface area contributed by atoms with Crippen molar-refractivity contribution in [3.05, 3.63) is 368 Å². The van der Waals surface area contributed by atoms with Crippen molar-refractivity contribution < 1.29 is 47.9 Å². The molecule has 654 valence electrons. The second-order valence-electron chi connectivity index (χ2n) is 32.6. The minimum Gasteiger partial charge on any atom is -0.463 e. The van der Waals surface area contributed by atoms with Crippen LogP contribution in [0.25, 0.3) is 109 Å². The van der Waals surface area contributed by atoms with Crippen LogP contribution in [0.15, 0.2) is 318 Å². The lowest BCUT2D eigenvalue weighted by atomic mass is 9.83. The molecule has 1 aliphatic heterocycles. The zero-order chi connectivity index (χ0) is 91.6. The van der Waals surface area contributed by atoms with Gasteiger partial charge in [-0.3, -0.25) is 38.4 Å². The number of aryl methyl sites for hydroxylation is 2. The number of nitrogens with two attached hydrogens (primary N) is 1. The number of para-hydroxylation sites is 9. The van der Waals surface area contributed by atoms with Crippen molar-refractivity contribution in [2.75, 3.05) is 7.11 Å². The van der Waals surface area contributed by atoms with Gasteiger partial charge in [-0.05, 0) is 165 Å². The average molecular weight is 1990 g/mol. The lowest BCUT2D eigenvalue weighted by Gasteiger charge is -2.17. The van der Waals surface area contributed by atoms with Gasteiger partial charge < -0.3 is 53.2 Å². The third-order valence-electron chi connectivity index (χ3n) is 24.7. The number of Topliss-reactive ketones (excluding diaryl/α,β-unsaturated/α-hetero) is 7. The van der Waals surface area contributed by atoms with Gasteiger partial charge in [-0.2, -0.15) is 0 Å². The van der Waals surface area contributed by atoms with Crippen LogP contribution in [0, 0.1) is 0 Å². The summed E-state index contributed by atoms with van der Waals surface area (Å²) in [5.41, 5.74) is 23.4. The number of nitrogens with one attached hydrogen (secondary N) is 4. The molecule has 131 heavy (non-hydrogen) atoms. The van der Waals surface area contributed by atoms with Crippen LogP contribution < -0.4 is 5.73 Å². The molecule has 4 atom stereocenters. The van der Waals surface area contributed by atoms with Crippen LogP contribution in [0.4, 0.5) is 0 Å². The maximum absolute atomic E-state index is 13.1. The van der Waals surface area contributed by atoms with E-state index in [9.17, 15) is 43.2 Å². The number of esters is 1. The average Bonchev–Trinajstić information content (AvgIpc) is 1.59. The van der Waals surface area contributed by atoms with Crippen molar-refractivity contribution in [1.82, 2.24) is 42.8 Å². The number of hydrogen-bond acceptors (Lipinski definition) is 10. The molecule has 1 amide bonds. The Labute approximate surface area is 786 Å². The highest BCUT2D eigenvalue weighted by atomic mass is 79.9. The molecule has 9 aromatic heterocycles. The first-order valence-electron chi connectivity index (χ1n) is 42.8. The summed E-state index contributed by atoms with van der Waals surface area (Å²) in [5, 5.41) is 9.10. The molecule has 24 heteroatoms. The number of rotatable bonds is 18. The van der Waals surface area contributed by atoms with E-state index >= 15 is 0 Å². The Morgan fingerprint density at radius 1 is 0.412 bits per heavy atom. The number of methoxy groups -OCH3 is 1. The second-order valence-corrected chi connectivity index (χ2v) is 36.0. The van der Waals surface area contributed by atoms with Gasteiger partial charge in [-0.15, -0.1) is 26.3 Å². The first-order chi connectivity index (χ1) is 63.6. The van der Waals surface area contributed by atoms with Crippen molar-refractivity contribution in [1.29, 1.82) is 0 Å². The molecule has 6 N–H and O–H groups in total. The van der Waals surface area contributed by atoms with E-state index in [2.05, 4.69) is 182 Å². The molecule has 18 aromatic rings. The Balaban J connectivity index is 0.000000113. The quantitative estimate of drug-likeness (QED) is 0.0178. The summed E-state index contributed by atoms with van der Waals surface area (Å²) in [4.78, 5) is 125. The number of carbonyl (C=O) groups excluding carboxylic acids is 9. The number of benzene rings is 9. The Bertz CT molecular complexity index is 7760. The highest BCUT2D eigenvalue weighted by Gasteiger charge is 2.47. The number of primary amides is 1. The molecule has 3 aliphatic carbocycles. The molecule has 22 rings (SSSR count). The second kappa shape index (κ2) is 38.4. The largest absolute Gasteiger partial charge is 0.463 e. The molecular weight excluding hydrogens is 1900 g/mol. The van der Waals surface area contributed by atoms with Gasteiger partial charge in [-0.25, -0.2) is 4.79 Å². The highest BCUT2D eigenvalue weighted by molar-refractivity contribution is 9.11. The van der Waals surface area contributed by atoms with Crippen molar-refractivity contribution in [3.8, 4) is 0 Å². The Kier molecular flexibility index (Phi) is 26.1. The summed E-state index contributed by atoms with van der Waals surface area (Å²) in [6.45, 7) is 18.7. The molecule has 10 heterocycles. The van der Waals surface area contributed by atoms with E-state index < -0.39 is 35.4 Å². The number of ketones is 7. The molecule has 9 aromatic carbocycles. The van der Waals surface area contributed by atoms with Crippen LogP contribution >= 0.6 is 63.7 Å². The summed E-state index contributed by atoms with van der Waals surface area (Å²) >= 11 is 14.3. The molecule has 2 fully saturated rings. The van der Waals surface area contributed by atoms with Gasteiger partial charge in [0.25, 0.3) is 5.78 Å². The fourth-order valence-electron chi connectivity index (χ4n) is 19.2. The van der Waals surface area contributed by atoms with Gasteiger partial charge in [0.2, 0.25) is 5.91 Å². The van der Waals surface area contributed by atoms with Crippen LogP contribution in [0.3, 0.4) is 0 Å². The van der Waals surface area contributed by atoms with Crippen LogP contribution in [0.5, 0.6) is 0 Å². The van der Waals surface area contributed by atoms with Crippen molar-refractivity contribution in [2.24, 2.45) is 5.73 Å². The van der Waals surface area contributed by atoms with Gasteiger partial charge in [0.05, 0.1) is 89.6 Å². The number of amides is 1. The third-order valence-corrected chi connectivity index (χ3v) is 27.3. The molecule has 0 saturated heterocycles. The number of hydrogen-bond donors (Lipinski definition) is 5. The number of nitrogens with zero attached hydrogens (tertiary/aromatic N) is 5.